The minimum Gasteiger partial charge on any atom is -0.280 e. The van der Waals surface area contributed by atoms with E-state index in [0.717, 1.165) is 0 Å². The molecule has 0 unspecified atom stereocenters. The zero-order valence-electron chi connectivity index (χ0n) is 6.24. The standard InChI is InChI=1S/C8H7NO2S/c1-6-7-4-2-3-5-8(7)12(10,11)9-6/h2-5,9H,1H2. The molecular weight excluding hydrogens is 174 g/mol. The van der Waals surface area contributed by atoms with Crippen molar-refractivity contribution in [1.82, 2.24) is 4.72 Å². The second kappa shape index (κ2) is 2.10. The molecule has 1 heterocycles. The number of sulfonamides is 1. The summed E-state index contributed by atoms with van der Waals surface area (Å²) in [4.78, 5) is 0.315. The summed E-state index contributed by atoms with van der Waals surface area (Å²) in [6.07, 6.45) is 0. The largest absolute Gasteiger partial charge is 0.280 e. The molecule has 0 aromatic heterocycles. The molecule has 2 rings (SSSR count). The van der Waals surface area contributed by atoms with Crippen LogP contribution < -0.4 is 4.72 Å². The first kappa shape index (κ1) is 7.36. The summed E-state index contributed by atoms with van der Waals surface area (Å²) in [6, 6.07) is 6.77. The van der Waals surface area contributed by atoms with Gasteiger partial charge in [0.2, 0.25) is 0 Å². The third kappa shape index (κ3) is 0.848. The molecular formula is C8H7NO2S. The zero-order valence-corrected chi connectivity index (χ0v) is 7.06. The predicted octanol–water partition coefficient (Wildman–Crippen LogP) is 0.949. The van der Waals surface area contributed by atoms with E-state index >= 15 is 0 Å². The normalized spacial score (nSPS) is 18.5. The average Bonchev–Trinajstić information content (AvgIpc) is 2.25. The third-order valence-electron chi connectivity index (χ3n) is 1.76. The molecule has 0 spiro atoms. The molecule has 0 bridgehead atoms. The Morgan fingerprint density at radius 2 is 1.92 bits per heavy atom. The molecule has 1 N–H and O–H groups in total. The van der Waals surface area contributed by atoms with Crippen molar-refractivity contribution in [3.8, 4) is 0 Å². The van der Waals surface area contributed by atoms with Crippen LogP contribution in [0.4, 0.5) is 0 Å². The van der Waals surface area contributed by atoms with Gasteiger partial charge in [-0.3, -0.25) is 4.72 Å². The predicted molar refractivity (Wildman–Crippen MR) is 45.8 cm³/mol. The van der Waals surface area contributed by atoms with Crippen LogP contribution in [-0.4, -0.2) is 8.42 Å². The van der Waals surface area contributed by atoms with Crippen LogP contribution in [0.3, 0.4) is 0 Å². The summed E-state index contributed by atoms with van der Waals surface area (Å²) in [7, 11) is -3.30. The Balaban J connectivity index is 2.83. The maximum atomic E-state index is 11.3. The molecule has 4 heteroatoms. The highest BCUT2D eigenvalue weighted by Gasteiger charge is 2.27. The van der Waals surface area contributed by atoms with Crippen molar-refractivity contribution in [1.29, 1.82) is 0 Å². The van der Waals surface area contributed by atoms with E-state index in [-0.39, 0.29) is 0 Å². The summed E-state index contributed by atoms with van der Waals surface area (Å²) >= 11 is 0. The number of hydrogen-bond donors (Lipinski definition) is 1. The van der Waals surface area contributed by atoms with Crippen LogP contribution in [0, 0.1) is 0 Å². The topological polar surface area (TPSA) is 46.2 Å². The summed E-state index contributed by atoms with van der Waals surface area (Å²) in [5, 5.41) is 0. The molecule has 1 aliphatic rings. The van der Waals surface area contributed by atoms with Crippen LogP contribution >= 0.6 is 0 Å². The van der Waals surface area contributed by atoms with Gasteiger partial charge in [-0.1, -0.05) is 24.8 Å². The lowest BCUT2D eigenvalue weighted by Crippen LogP contribution is -2.12. The Labute approximate surface area is 70.8 Å². The highest BCUT2D eigenvalue weighted by Crippen LogP contribution is 2.27. The van der Waals surface area contributed by atoms with E-state index in [1.165, 1.54) is 0 Å². The summed E-state index contributed by atoms with van der Waals surface area (Å²) in [5.41, 5.74) is 1.11. The molecule has 1 aromatic rings. The average molecular weight is 181 g/mol. The van der Waals surface area contributed by atoms with Crippen molar-refractivity contribution in [3.63, 3.8) is 0 Å². The molecule has 62 valence electrons. The summed E-state index contributed by atoms with van der Waals surface area (Å²) in [6.45, 7) is 3.60. The van der Waals surface area contributed by atoms with Crippen LogP contribution in [-0.2, 0) is 10.0 Å². The number of rotatable bonds is 0. The van der Waals surface area contributed by atoms with Gasteiger partial charge in [0.15, 0.2) is 0 Å². The van der Waals surface area contributed by atoms with Crippen LogP contribution in [0.5, 0.6) is 0 Å². The number of hydrogen-bond acceptors (Lipinski definition) is 2. The molecule has 1 aliphatic heterocycles. The van der Waals surface area contributed by atoms with Gasteiger partial charge in [-0.05, 0) is 6.07 Å². The number of fused-ring (bicyclic) bond motifs is 1. The van der Waals surface area contributed by atoms with Gasteiger partial charge in [0.1, 0.15) is 0 Å². The molecule has 0 aliphatic carbocycles. The van der Waals surface area contributed by atoms with Gasteiger partial charge in [0.25, 0.3) is 10.0 Å². The minimum atomic E-state index is -3.30. The van der Waals surface area contributed by atoms with E-state index in [9.17, 15) is 8.42 Å². The minimum absolute atomic E-state index is 0.315. The Kier molecular flexibility index (Phi) is 1.29. The van der Waals surface area contributed by atoms with E-state index in [1.54, 1.807) is 24.3 Å². The first-order chi connectivity index (χ1) is 5.61. The lowest BCUT2D eigenvalue weighted by atomic mass is 10.2. The SMILES string of the molecule is C=C1NS(=O)(=O)c2ccccc21. The van der Waals surface area contributed by atoms with Gasteiger partial charge in [0, 0.05) is 5.56 Å². The van der Waals surface area contributed by atoms with Crippen molar-refractivity contribution >= 4 is 15.7 Å². The van der Waals surface area contributed by atoms with E-state index in [2.05, 4.69) is 11.3 Å². The van der Waals surface area contributed by atoms with Crippen LogP contribution in [0.25, 0.3) is 5.70 Å². The smallest absolute Gasteiger partial charge is 0.262 e. The van der Waals surface area contributed by atoms with Crippen molar-refractivity contribution in [2.75, 3.05) is 0 Å². The molecule has 1 aromatic carbocycles. The van der Waals surface area contributed by atoms with Crippen molar-refractivity contribution < 1.29 is 8.42 Å². The van der Waals surface area contributed by atoms with E-state index < -0.39 is 10.0 Å². The first-order valence-electron chi connectivity index (χ1n) is 3.42. The lowest BCUT2D eigenvalue weighted by molar-refractivity contribution is 0.594. The molecule has 0 atom stereocenters. The Morgan fingerprint density at radius 3 is 2.58 bits per heavy atom. The summed E-state index contributed by atoms with van der Waals surface area (Å²) in [5.74, 6) is 0. The van der Waals surface area contributed by atoms with E-state index in [1.807, 2.05) is 0 Å². The Bertz CT molecular complexity index is 448. The molecule has 0 saturated carbocycles. The fourth-order valence-corrected chi connectivity index (χ4v) is 2.51. The van der Waals surface area contributed by atoms with Crippen molar-refractivity contribution in [2.45, 2.75) is 4.90 Å². The molecule has 12 heavy (non-hydrogen) atoms. The first-order valence-corrected chi connectivity index (χ1v) is 4.91. The third-order valence-corrected chi connectivity index (χ3v) is 3.21. The zero-order chi connectivity index (χ0) is 8.77. The number of benzene rings is 1. The highest BCUT2D eigenvalue weighted by molar-refractivity contribution is 7.90. The van der Waals surface area contributed by atoms with Gasteiger partial charge < -0.3 is 0 Å². The van der Waals surface area contributed by atoms with Gasteiger partial charge in [-0.2, -0.15) is 0 Å². The molecule has 0 amide bonds. The van der Waals surface area contributed by atoms with E-state index in [4.69, 9.17) is 0 Å². The van der Waals surface area contributed by atoms with Gasteiger partial charge in [-0.15, -0.1) is 0 Å². The number of nitrogens with one attached hydrogen (secondary N) is 1. The fraction of sp³-hybridized carbons (Fsp3) is 0. The van der Waals surface area contributed by atoms with Crippen molar-refractivity contribution in [3.05, 3.63) is 36.4 Å². The summed E-state index contributed by atoms with van der Waals surface area (Å²) < 4.78 is 24.9. The Morgan fingerprint density at radius 1 is 1.25 bits per heavy atom. The maximum Gasteiger partial charge on any atom is 0.262 e. The quantitative estimate of drug-likeness (QED) is 0.647. The van der Waals surface area contributed by atoms with Crippen LogP contribution in [0.2, 0.25) is 0 Å². The molecule has 0 radical (unpaired) electrons. The lowest BCUT2D eigenvalue weighted by Gasteiger charge is -1.92. The maximum absolute atomic E-state index is 11.3. The van der Waals surface area contributed by atoms with Crippen LogP contribution in [0.15, 0.2) is 35.7 Å². The Hall–Kier alpha value is -1.29. The molecule has 3 nitrogen and oxygen atoms in total. The van der Waals surface area contributed by atoms with Gasteiger partial charge >= 0.3 is 0 Å². The second-order valence-electron chi connectivity index (χ2n) is 2.58. The monoisotopic (exact) mass is 181 g/mol. The van der Waals surface area contributed by atoms with Gasteiger partial charge in [-0.25, -0.2) is 8.42 Å². The second-order valence-corrected chi connectivity index (χ2v) is 4.23. The highest BCUT2D eigenvalue weighted by atomic mass is 32.2. The fourth-order valence-electron chi connectivity index (χ4n) is 1.22. The molecule has 0 fully saturated rings. The van der Waals surface area contributed by atoms with Gasteiger partial charge in [0.05, 0.1) is 10.6 Å². The van der Waals surface area contributed by atoms with Crippen molar-refractivity contribution in [2.24, 2.45) is 0 Å². The van der Waals surface area contributed by atoms with Crippen LogP contribution in [0.1, 0.15) is 5.56 Å². The van der Waals surface area contributed by atoms with E-state index in [0.29, 0.717) is 16.2 Å². The molecule has 0 saturated heterocycles.